The molecule has 0 N–H and O–H groups in total. The molecule has 1 aliphatic rings. The number of oxazole rings is 1. The van der Waals surface area contributed by atoms with E-state index in [4.69, 9.17) is 4.42 Å². The molecule has 0 saturated heterocycles. The molecular formula is C14H16N2O. The normalized spacial score (nSPS) is 14.0. The standard InChI is InChI=1S/C14H16N2O/c1-3-10-11-5-4-6-13(11)16-7-12(10)14-8-15-9(2)17-14/h7-8H,3-6H2,1-2H3. The number of hydrogen-bond acceptors (Lipinski definition) is 3. The Kier molecular flexibility index (Phi) is 2.46. The van der Waals surface area contributed by atoms with Crippen molar-refractivity contribution in [3.05, 3.63) is 35.1 Å². The van der Waals surface area contributed by atoms with Gasteiger partial charge in [0.1, 0.15) is 0 Å². The molecule has 3 rings (SSSR count). The van der Waals surface area contributed by atoms with Gasteiger partial charge in [-0.25, -0.2) is 4.98 Å². The Morgan fingerprint density at radius 3 is 2.82 bits per heavy atom. The average molecular weight is 228 g/mol. The summed E-state index contributed by atoms with van der Waals surface area (Å²) in [5, 5.41) is 0. The summed E-state index contributed by atoms with van der Waals surface area (Å²) in [6.45, 7) is 4.07. The zero-order valence-electron chi connectivity index (χ0n) is 10.3. The van der Waals surface area contributed by atoms with Crippen molar-refractivity contribution in [1.82, 2.24) is 9.97 Å². The molecule has 1 aliphatic carbocycles. The molecule has 2 aromatic heterocycles. The zero-order valence-corrected chi connectivity index (χ0v) is 10.3. The number of fused-ring (bicyclic) bond motifs is 1. The average Bonchev–Trinajstić information content (AvgIpc) is 2.95. The maximum absolute atomic E-state index is 5.62. The fourth-order valence-electron chi connectivity index (χ4n) is 2.68. The van der Waals surface area contributed by atoms with E-state index in [1.165, 1.54) is 23.2 Å². The van der Waals surface area contributed by atoms with Gasteiger partial charge in [0, 0.05) is 24.4 Å². The Hall–Kier alpha value is -1.64. The molecule has 0 amide bonds. The van der Waals surface area contributed by atoms with Crippen LogP contribution in [0.4, 0.5) is 0 Å². The Balaban J connectivity index is 2.17. The molecule has 0 spiro atoms. The minimum absolute atomic E-state index is 0.711. The van der Waals surface area contributed by atoms with E-state index in [0.717, 1.165) is 30.6 Å². The van der Waals surface area contributed by atoms with Gasteiger partial charge in [0.25, 0.3) is 0 Å². The van der Waals surface area contributed by atoms with E-state index < -0.39 is 0 Å². The van der Waals surface area contributed by atoms with Crippen LogP contribution in [0.3, 0.4) is 0 Å². The number of hydrogen-bond donors (Lipinski definition) is 0. The van der Waals surface area contributed by atoms with Gasteiger partial charge in [0.05, 0.1) is 6.20 Å². The quantitative estimate of drug-likeness (QED) is 0.792. The molecular weight excluding hydrogens is 212 g/mol. The largest absolute Gasteiger partial charge is 0.441 e. The van der Waals surface area contributed by atoms with Crippen molar-refractivity contribution in [3.63, 3.8) is 0 Å². The molecule has 0 saturated carbocycles. The van der Waals surface area contributed by atoms with Crippen LogP contribution in [0.1, 0.15) is 36.1 Å². The Labute approximate surface area is 101 Å². The van der Waals surface area contributed by atoms with E-state index in [0.29, 0.717) is 5.89 Å². The topological polar surface area (TPSA) is 38.9 Å². The van der Waals surface area contributed by atoms with Crippen LogP contribution < -0.4 is 0 Å². The van der Waals surface area contributed by atoms with Crippen LogP contribution >= 0.6 is 0 Å². The van der Waals surface area contributed by atoms with Gasteiger partial charge in [0.2, 0.25) is 0 Å². The van der Waals surface area contributed by atoms with E-state index in [-0.39, 0.29) is 0 Å². The van der Waals surface area contributed by atoms with Gasteiger partial charge in [0.15, 0.2) is 11.7 Å². The minimum atomic E-state index is 0.711. The molecule has 0 aromatic carbocycles. The predicted octanol–water partition coefficient (Wildman–Crippen LogP) is 3.10. The highest BCUT2D eigenvalue weighted by Gasteiger charge is 2.20. The third kappa shape index (κ3) is 1.66. The first kappa shape index (κ1) is 10.5. The fourth-order valence-corrected chi connectivity index (χ4v) is 2.68. The van der Waals surface area contributed by atoms with Crippen LogP contribution in [0, 0.1) is 6.92 Å². The van der Waals surface area contributed by atoms with Crippen molar-refractivity contribution < 1.29 is 4.42 Å². The SMILES string of the molecule is CCc1c(-c2cnc(C)o2)cnc2c1CCC2. The molecule has 0 radical (unpaired) electrons. The van der Waals surface area contributed by atoms with Gasteiger partial charge in [-0.3, -0.25) is 4.98 Å². The van der Waals surface area contributed by atoms with Crippen molar-refractivity contribution in [2.45, 2.75) is 39.5 Å². The fraction of sp³-hybridized carbons (Fsp3) is 0.429. The van der Waals surface area contributed by atoms with Gasteiger partial charge in [-0.1, -0.05) is 6.92 Å². The third-order valence-electron chi connectivity index (χ3n) is 3.47. The molecule has 3 nitrogen and oxygen atoms in total. The summed E-state index contributed by atoms with van der Waals surface area (Å²) >= 11 is 0. The summed E-state index contributed by atoms with van der Waals surface area (Å²) < 4.78 is 5.62. The summed E-state index contributed by atoms with van der Waals surface area (Å²) in [6.07, 6.45) is 8.29. The van der Waals surface area contributed by atoms with Crippen molar-refractivity contribution >= 4 is 0 Å². The Bertz CT molecular complexity index is 557. The molecule has 3 heteroatoms. The highest BCUT2D eigenvalue weighted by atomic mass is 16.4. The summed E-state index contributed by atoms with van der Waals surface area (Å²) in [6, 6.07) is 0. The van der Waals surface area contributed by atoms with Crippen LogP contribution in [-0.2, 0) is 19.3 Å². The van der Waals surface area contributed by atoms with Crippen LogP contribution in [-0.4, -0.2) is 9.97 Å². The van der Waals surface area contributed by atoms with Crippen molar-refractivity contribution in [3.8, 4) is 11.3 Å². The number of pyridine rings is 1. The molecule has 17 heavy (non-hydrogen) atoms. The van der Waals surface area contributed by atoms with Gasteiger partial charge in [-0.15, -0.1) is 0 Å². The maximum atomic E-state index is 5.62. The second kappa shape index (κ2) is 3.99. The second-order valence-corrected chi connectivity index (χ2v) is 4.53. The van der Waals surface area contributed by atoms with Crippen molar-refractivity contribution in [2.75, 3.05) is 0 Å². The van der Waals surface area contributed by atoms with E-state index in [9.17, 15) is 0 Å². The van der Waals surface area contributed by atoms with Gasteiger partial charge in [-0.2, -0.15) is 0 Å². The van der Waals surface area contributed by atoms with Crippen molar-refractivity contribution in [2.24, 2.45) is 0 Å². The lowest BCUT2D eigenvalue weighted by Gasteiger charge is -2.10. The lowest BCUT2D eigenvalue weighted by atomic mass is 9.99. The predicted molar refractivity (Wildman–Crippen MR) is 65.9 cm³/mol. The molecule has 88 valence electrons. The summed E-state index contributed by atoms with van der Waals surface area (Å²) in [5.74, 6) is 1.56. The first-order chi connectivity index (χ1) is 8.29. The van der Waals surface area contributed by atoms with Gasteiger partial charge >= 0.3 is 0 Å². The van der Waals surface area contributed by atoms with E-state index in [2.05, 4.69) is 16.9 Å². The monoisotopic (exact) mass is 228 g/mol. The van der Waals surface area contributed by atoms with Crippen LogP contribution in [0.25, 0.3) is 11.3 Å². The Morgan fingerprint density at radius 2 is 2.12 bits per heavy atom. The van der Waals surface area contributed by atoms with E-state index in [1.54, 1.807) is 6.20 Å². The molecule has 0 fully saturated rings. The van der Waals surface area contributed by atoms with Gasteiger partial charge < -0.3 is 4.42 Å². The highest BCUT2D eigenvalue weighted by Crippen LogP contribution is 2.32. The first-order valence-electron chi connectivity index (χ1n) is 6.22. The van der Waals surface area contributed by atoms with Crippen LogP contribution in [0.5, 0.6) is 0 Å². The molecule has 0 atom stereocenters. The molecule has 2 aromatic rings. The van der Waals surface area contributed by atoms with E-state index in [1.807, 2.05) is 13.1 Å². The number of rotatable bonds is 2. The summed E-state index contributed by atoms with van der Waals surface area (Å²) in [5.41, 5.74) is 5.23. The molecule has 0 unspecified atom stereocenters. The number of aromatic nitrogens is 2. The van der Waals surface area contributed by atoms with Crippen LogP contribution in [0.15, 0.2) is 16.8 Å². The molecule has 2 heterocycles. The molecule has 0 aliphatic heterocycles. The first-order valence-corrected chi connectivity index (χ1v) is 6.22. The number of aryl methyl sites for hydroxylation is 2. The highest BCUT2D eigenvalue weighted by molar-refractivity contribution is 5.63. The van der Waals surface area contributed by atoms with E-state index >= 15 is 0 Å². The van der Waals surface area contributed by atoms with Crippen molar-refractivity contribution in [1.29, 1.82) is 0 Å². The smallest absolute Gasteiger partial charge is 0.191 e. The lowest BCUT2D eigenvalue weighted by molar-refractivity contribution is 0.533. The Morgan fingerprint density at radius 1 is 1.24 bits per heavy atom. The zero-order chi connectivity index (χ0) is 11.8. The second-order valence-electron chi connectivity index (χ2n) is 4.53. The lowest BCUT2D eigenvalue weighted by Crippen LogP contribution is -1.98. The summed E-state index contributed by atoms with van der Waals surface area (Å²) in [4.78, 5) is 8.73. The van der Waals surface area contributed by atoms with Gasteiger partial charge in [-0.05, 0) is 36.8 Å². The number of nitrogens with zero attached hydrogens (tertiary/aromatic N) is 2. The third-order valence-corrected chi connectivity index (χ3v) is 3.47. The molecule has 0 bridgehead atoms. The maximum Gasteiger partial charge on any atom is 0.191 e. The van der Waals surface area contributed by atoms with Crippen LogP contribution in [0.2, 0.25) is 0 Å². The summed E-state index contributed by atoms with van der Waals surface area (Å²) in [7, 11) is 0. The minimum Gasteiger partial charge on any atom is -0.441 e.